The third-order valence-electron chi connectivity index (χ3n) is 4.43. The van der Waals surface area contributed by atoms with Crippen molar-refractivity contribution in [3.05, 3.63) is 47.3 Å². The van der Waals surface area contributed by atoms with Gasteiger partial charge in [-0.1, -0.05) is 11.2 Å². The molecule has 3 aromatic heterocycles. The van der Waals surface area contributed by atoms with Gasteiger partial charge < -0.3 is 9.42 Å². The van der Waals surface area contributed by atoms with E-state index in [1.807, 2.05) is 17.5 Å². The number of hydrogen-bond acceptors (Lipinski definition) is 8. The molecule has 152 valence electrons. The first kappa shape index (κ1) is 19.9. The Labute approximate surface area is 173 Å². The lowest BCUT2D eigenvalue weighted by molar-refractivity contribution is 0.0611. The van der Waals surface area contributed by atoms with Crippen LogP contribution in [-0.4, -0.2) is 62.8 Å². The molecule has 4 heterocycles. The number of piperazine rings is 1. The van der Waals surface area contributed by atoms with Gasteiger partial charge in [0.1, 0.15) is 5.03 Å². The van der Waals surface area contributed by atoms with Crippen molar-refractivity contribution in [2.75, 3.05) is 26.2 Å². The highest BCUT2D eigenvalue weighted by molar-refractivity contribution is 7.99. The minimum atomic E-state index is -2.62. The van der Waals surface area contributed by atoms with Crippen molar-refractivity contribution in [3.63, 3.8) is 0 Å². The highest BCUT2D eigenvalue weighted by Crippen LogP contribution is 2.27. The number of alkyl halides is 2. The van der Waals surface area contributed by atoms with Crippen molar-refractivity contribution in [1.82, 2.24) is 24.9 Å². The van der Waals surface area contributed by atoms with E-state index in [1.165, 1.54) is 12.3 Å². The summed E-state index contributed by atoms with van der Waals surface area (Å²) in [5.41, 5.74) is 0.212. The number of pyridine rings is 1. The number of thiophene rings is 1. The maximum Gasteiger partial charge on any atom is 0.290 e. The van der Waals surface area contributed by atoms with E-state index in [-0.39, 0.29) is 16.5 Å². The molecule has 0 saturated carbocycles. The van der Waals surface area contributed by atoms with Crippen molar-refractivity contribution < 1.29 is 18.1 Å². The van der Waals surface area contributed by atoms with Gasteiger partial charge in [-0.05, 0) is 35.3 Å². The number of halogens is 2. The van der Waals surface area contributed by atoms with E-state index in [1.54, 1.807) is 22.3 Å². The summed E-state index contributed by atoms with van der Waals surface area (Å²) < 4.78 is 30.8. The quantitative estimate of drug-likeness (QED) is 0.547. The first-order valence-electron chi connectivity index (χ1n) is 8.88. The average Bonchev–Trinajstić information content (AvgIpc) is 3.40. The Balaban J connectivity index is 1.34. The minimum Gasteiger partial charge on any atom is -0.338 e. The van der Waals surface area contributed by atoms with E-state index in [0.29, 0.717) is 56.2 Å². The molecule has 1 aliphatic heterocycles. The lowest BCUT2D eigenvalue weighted by Crippen LogP contribution is -2.48. The fourth-order valence-electron chi connectivity index (χ4n) is 3.03. The van der Waals surface area contributed by atoms with Crippen LogP contribution in [0.15, 0.2) is 45.4 Å². The van der Waals surface area contributed by atoms with E-state index in [4.69, 9.17) is 4.52 Å². The zero-order valence-electron chi connectivity index (χ0n) is 15.2. The minimum absolute atomic E-state index is 0.0573. The number of amides is 1. The van der Waals surface area contributed by atoms with Crippen LogP contribution in [0.5, 0.6) is 0 Å². The number of aromatic nitrogens is 3. The lowest BCUT2D eigenvalue weighted by Gasteiger charge is -2.34. The van der Waals surface area contributed by atoms with Gasteiger partial charge in [-0.25, -0.2) is 4.98 Å². The van der Waals surface area contributed by atoms with E-state index in [2.05, 4.69) is 20.0 Å². The summed E-state index contributed by atoms with van der Waals surface area (Å²) in [7, 11) is 0. The van der Waals surface area contributed by atoms with Crippen molar-refractivity contribution in [2.24, 2.45) is 0 Å². The average molecular weight is 437 g/mol. The lowest BCUT2D eigenvalue weighted by atomic mass is 10.2. The van der Waals surface area contributed by atoms with E-state index < -0.39 is 5.76 Å². The van der Waals surface area contributed by atoms with Gasteiger partial charge in [-0.2, -0.15) is 13.8 Å². The summed E-state index contributed by atoms with van der Waals surface area (Å²) >= 11 is 1.84. The molecule has 1 fully saturated rings. The molecular weight excluding hydrogens is 420 g/mol. The largest absolute Gasteiger partial charge is 0.338 e. The molecule has 1 aliphatic rings. The van der Waals surface area contributed by atoms with Gasteiger partial charge >= 0.3 is 0 Å². The second-order valence-corrected chi connectivity index (χ2v) is 8.22. The molecule has 1 amide bonds. The Bertz CT molecular complexity index is 959. The van der Waals surface area contributed by atoms with Crippen molar-refractivity contribution >= 4 is 29.0 Å². The van der Waals surface area contributed by atoms with Crippen molar-refractivity contribution in [3.8, 4) is 10.7 Å². The predicted octanol–water partition coefficient (Wildman–Crippen LogP) is 3.47. The predicted molar refractivity (Wildman–Crippen MR) is 105 cm³/mol. The van der Waals surface area contributed by atoms with Crippen LogP contribution in [0.3, 0.4) is 0 Å². The van der Waals surface area contributed by atoms with Crippen LogP contribution in [0, 0.1) is 0 Å². The maximum atomic E-state index is 12.8. The second-order valence-electron chi connectivity index (χ2n) is 6.29. The van der Waals surface area contributed by atoms with Crippen LogP contribution in [-0.2, 0) is 6.54 Å². The maximum absolute atomic E-state index is 12.8. The summed E-state index contributed by atoms with van der Waals surface area (Å²) in [5, 5.41) is 6.01. The Hall–Kier alpha value is -2.37. The number of thioether (sulfide) groups is 1. The fourth-order valence-corrected chi connectivity index (χ4v) is 4.25. The molecule has 11 heteroatoms. The third-order valence-corrected chi connectivity index (χ3v) is 6.02. The summed E-state index contributed by atoms with van der Waals surface area (Å²) in [6, 6.07) is 6.99. The van der Waals surface area contributed by atoms with Crippen LogP contribution < -0.4 is 0 Å². The van der Waals surface area contributed by atoms with Crippen molar-refractivity contribution in [2.45, 2.75) is 17.3 Å². The topological polar surface area (TPSA) is 75.4 Å². The zero-order valence-corrected chi connectivity index (χ0v) is 16.8. The highest BCUT2D eigenvalue weighted by atomic mass is 32.2. The molecule has 0 unspecified atom stereocenters. The third kappa shape index (κ3) is 4.80. The van der Waals surface area contributed by atoms with Gasteiger partial charge in [-0.3, -0.25) is 9.69 Å². The molecule has 0 N–H and O–H groups in total. The number of rotatable bonds is 6. The van der Waals surface area contributed by atoms with E-state index in [9.17, 15) is 13.6 Å². The first-order chi connectivity index (χ1) is 14.1. The second kappa shape index (κ2) is 8.97. The van der Waals surface area contributed by atoms with E-state index in [0.717, 1.165) is 4.88 Å². The zero-order chi connectivity index (χ0) is 20.2. The molecule has 29 heavy (non-hydrogen) atoms. The van der Waals surface area contributed by atoms with Crippen LogP contribution in [0.1, 0.15) is 16.2 Å². The van der Waals surface area contributed by atoms with Gasteiger partial charge in [0, 0.05) is 32.4 Å². The Morgan fingerprint density at radius 2 is 2.07 bits per heavy atom. The van der Waals surface area contributed by atoms with Gasteiger partial charge in [0.25, 0.3) is 11.7 Å². The number of carbonyl (C=O) groups is 1. The standard InChI is InChI=1S/C18H17F2N5O2S2/c19-18(20)29-16-12(3-1-5-21-16)17(26)25-8-6-24(7-9-25)11-14-22-15(23-27-14)13-4-2-10-28-13/h1-5,10,18H,6-9,11H2. The molecule has 0 aliphatic carbocycles. The molecule has 4 rings (SSSR count). The van der Waals surface area contributed by atoms with Gasteiger partial charge in [0.2, 0.25) is 11.7 Å². The van der Waals surface area contributed by atoms with Crippen LogP contribution in [0.25, 0.3) is 10.7 Å². The monoisotopic (exact) mass is 437 g/mol. The highest BCUT2D eigenvalue weighted by Gasteiger charge is 2.26. The fraction of sp³-hybridized carbons (Fsp3) is 0.333. The summed E-state index contributed by atoms with van der Waals surface area (Å²) in [5.74, 6) is -1.80. The molecule has 0 atom stereocenters. The van der Waals surface area contributed by atoms with Crippen LogP contribution in [0.4, 0.5) is 8.78 Å². The number of nitrogens with zero attached hydrogens (tertiary/aromatic N) is 5. The van der Waals surface area contributed by atoms with Crippen LogP contribution >= 0.6 is 23.1 Å². The van der Waals surface area contributed by atoms with E-state index >= 15 is 0 Å². The van der Waals surface area contributed by atoms with Crippen LogP contribution in [0.2, 0.25) is 0 Å². The SMILES string of the molecule is O=C(c1cccnc1SC(F)F)N1CCN(Cc2nc(-c3cccs3)no2)CC1. The number of carbonyl (C=O) groups excluding carboxylic acids is 1. The normalized spacial score (nSPS) is 15.2. The smallest absolute Gasteiger partial charge is 0.290 e. The Morgan fingerprint density at radius 3 is 2.79 bits per heavy atom. The van der Waals surface area contributed by atoms with Crippen molar-refractivity contribution in [1.29, 1.82) is 0 Å². The summed E-state index contributed by atoms with van der Waals surface area (Å²) in [6.45, 7) is 2.72. The molecule has 0 bridgehead atoms. The molecule has 1 saturated heterocycles. The summed E-state index contributed by atoms with van der Waals surface area (Å²) in [4.78, 5) is 25.8. The molecule has 3 aromatic rings. The Kier molecular flexibility index (Phi) is 6.16. The molecule has 0 radical (unpaired) electrons. The van der Waals surface area contributed by atoms with Gasteiger partial charge in [0.05, 0.1) is 17.0 Å². The van der Waals surface area contributed by atoms with Gasteiger partial charge in [0.15, 0.2) is 0 Å². The molecule has 0 spiro atoms. The molecular formula is C18H17F2N5O2S2. The van der Waals surface area contributed by atoms with Gasteiger partial charge in [-0.15, -0.1) is 11.3 Å². The first-order valence-corrected chi connectivity index (χ1v) is 10.6. The molecule has 7 nitrogen and oxygen atoms in total. The molecule has 0 aromatic carbocycles. The number of hydrogen-bond donors (Lipinski definition) is 0. The summed E-state index contributed by atoms with van der Waals surface area (Å²) in [6.07, 6.45) is 1.41. The Morgan fingerprint density at radius 1 is 1.24 bits per heavy atom.